The first-order valence-corrected chi connectivity index (χ1v) is 7.69. The molecule has 2 saturated heterocycles. The lowest BCUT2D eigenvalue weighted by Crippen LogP contribution is -2.47. The molecule has 2 amide bonds. The van der Waals surface area contributed by atoms with E-state index in [1.54, 1.807) is 0 Å². The van der Waals surface area contributed by atoms with Crippen LogP contribution in [0.4, 0.5) is 4.79 Å². The number of carboxylic acid groups (broad SMARTS) is 1. The monoisotopic (exact) mass is 288 g/mol. The Morgan fingerprint density at radius 2 is 2.16 bits per heavy atom. The van der Waals surface area contributed by atoms with Gasteiger partial charge in [-0.25, -0.2) is 9.59 Å². The van der Waals surface area contributed by atoms with Crippen LogP contribution in [0, 0.1) is 0 Å². The standard InChI is InChI=1S/C12H20N2O4S/c15-8-5-10(11(16)17)14(7-8)12(18)13-6-9-3-1-2-4-19-9/h8-10,15H,1-7H2,(H,13,18)(H,16,17)/t8-,9?,10-/m1/s1. The number of rotatable bonds is 3. The van der Waals surface area contributed by atoms with Gasteiger partial charge in [-0.15, -0.1) is 0 Å². The number of carboxylic acids is 1. The largest absolute Gasteiger partial charge is 0.480 e. The number of carbonyl (C=O) groups excluding carboxylic acids is 1. The van der Waals surface area contributed by atoms with Crippen LogP contribution in [-0.2, 0) is 4.79 Å². The van der Waals surface area contributed by atoms with Gasteiger partial charge in [-0.05, 0) is 18.6 Å². The van der Waals surface area contributed by atoms with Crippen molar-refractivity contribution in [3.8, 4) is 0 Å². The van der Waals surface area contributed by atoms with E-state index in [2.05, 4.69) is 5.32 Å². The molecule has 108 valence electrons. The van der Waals surface area contributed by atoms with Crippen LogP contribution in [0.2, 0.25) is 0 Å². The average Bonchev–Trinajstić information content (AvgIpc) is 2.79. The summed E-state index contributed by atoms with van der Waals surface area (Å²) in [5.41, 5.74) is 0. The zero-order valence-corrected chi connectivity index (χ0v) is 11.6. The van der Waals surface area contributed by atoms with E-state index in [1.165, 1.54) is 17.7 Å². The number of β-amino-alcohol motifs (C(OH)–C–C–N with tert-alkyl or cyclic N) is 1. The highest BCUT2D eigenvalue weighted by Crippen LogP contribution is 2.24. The molecule has 0 aliphatic carbocycles. The van der Waals surface area contributed by atoms with E-state index in [4.69, 9.17) is 5.11 Å². The summed E-state index contributed by atoms with van der Waals surface area (Å²) >= 11 is 1.86. The number of hydrogen-bond donors (Lipinski definition) is 3. The molecular weight excluding hydrogens is 268 g/mol. The van der Waals surface area contributed by atoms with Crippen molar-refractivity contribution < 1.29 is 19.8 Å². The van der Waals surface area contributed by atoms with Gasteiger partial charge in [-0.1, -0.05) is 6.42 Å². The summed E-state index contributed by atoms with van der Waals surface area (Å²) in [5.74, 6) is 0.0690. The van der Waals surface area contributed by atoms with Gasteiger partial charge in [0.25, 0.3) is 0 Å². The number of thioether (sulfide) groups is 1. The summed E-state index contributed by atoms with van der Waals surface area (Å²) in [5, 5.41) is 21.7. The Balaban J connectivity index is 1.82. The summed E-state index contributed by atoms with van der Waals surface area (Å²) in [6.07, 6.45) is 2.88. The number of hydrogen-bond acceptors (Lipinski definition) is 4. The minimum Gasteiger partial charge on any atom is -0.480 e. The van der Waals surface area contributed by atoms with E-state index in [9.17, 15) is 14.7 Å². The molecular formula is C12H20N2O4S. The Hall–Kier alpha value is -0.950. The molecule has 0 spiro atoms. The lowest BCUT2D eigenvalue weighted by atomic mass is 10.2. The van der Waals surface area contributed by atoms with Crippen LogP contribution in [0.1, 0.15) is 25.7 Å². The van der Waals surface area contributed by atoms with Crippen LogP contribution in [0.25, 0.3) is 0 Å². The summed E-state index contributed by atoms with van der Waals surface area (Å²) in [7, 11) is 0. The fraction of sp³-hybridized carbons (Fsp3) is 0.833. The third-order valence-electron chi connectivity index (χ3n) is 3.58. The van der Waals surface area contributed by atoms with Gasteiger partial charge in [0, 0.05) is 24.8 Å². The first kappa shape index (κ1) is 14.5. The first-order valence-electron chi connectivity index (χ1n) is 6.65. The van der Waals surface area contributed by atoms with E-state index in [0.717, 1.165) is 12.2 Å². The van der Waals surface area contributed by atoms with Crippen LogP contribution < -0.4 is 5.32 Å². The van der Waals surface area contributed by atoms with E-state index in [0.29, 0.717) is 11.8 Å². The van der Waals surface area contributed by atoms with Gasteiger partial charge in [-0.3, -0.25) is 0 Å². The van der Waals surface area contributed by atoms with Crippen molar-refractivity contribution >= 4 is 23.8 Å². The zero-order chi connectivity index (χ0) is 13.8. The number of aliphatic hydroxyl groups is 1. The molecule has 1 unspecified atom stereocenters. The summed E-state index contributed by atoms with van der Waals surface area (Å²) in [6, 6.07) is -1.29. The number of carbonyl (C=O) groups is 2. The number of amides is 2. The molecule has 19 heavy (non-hydrogen) atoms. The molecule has 0 radical (unpaired) electrons. The Kier molecular flexibility index (Phi) is 4.93. The Morgan fingerprint density at radius 1 is 1.37 bits per heavy atom. The maximum Gasteiger partial charge on any atom is 0.326 e. The van der Waals surface area contributed by atoms with Gasteiger partial charge in [0.1, 0.15) is 6.04 Å². The molecule has 2 rings (SSSR count). The molecule has 0 aromatic heterocycles. The van der Waals surface area contributed by atoms with Crippen molar-refractivity contribution in [2.75, 3.05) is 18.8 Å². The van der Waals surface area contributed by atoms with E-state index in [1.807, 2.05) is 11.8 Å². The quantitative estimate of drug-likeness (QED) is 0.703. The second kappa shape index (κ2) is 6.47. The maximum atomic E-state index is 12.0. The smallest absolute Gasteiger partial charge is 0.326 e. The van der Waals surface area contributed by atoms with E-state index in [-0.39, 0.29) is 19.0 Å². The predicted molar refractivity (Wildman–Crippen MR) is 72.2 cm³/mol. The topological polar surface area (TPSA) is 89.9 Å². The van der Waals surface area contributed by atoms with Crippen molar-refractivity contribution in [2.24, 2.45) is 0 Å². The molecule has 2 aliphatic rings. The summed E-state index contributed by atoms with van der Waals surface area (Å²) < 4.78 is 0. The van der Waals surface area contributed by atoms with E-state index >= 15 is 0 Å². The molecule has 0 aromatic carbocycles. The highest BCUT2D eigenvalue weighted by atomic mass is 32.2. The molecule has 2 fully saturated rings. The molecule has 3 atom stereocenters. The predicted octanol–water partition coefficient (Wildman–Crippen LogP) is 0.502. The number of aliphatic carboxylic acids is 1. The van der Waals surface area contributed by atoms with Gasteiger partial charge in [0.2, 0.25) is 0 Å². The second-order valence-corrected chi connectivity index (χ2v) is 6.48. The van der Waals surface area contributed by atoms with Crippen molar-refractivity contribution in [1.82, 2.24) is 10.2 Å². The SMILES string of the molecule is O=C(O)[C@H]1C[C@@H](O)CN1C(=O)NCC1CCCCS1. The highest BCUT2D eigenvalue weighted by molar-refractivity contribution is 7.99. The number of aliphatic hydroxyl groups excluding tert-OH is 1. The minimum atomic E-state index is -1.06. The van der Waals surface area contributed by atoms with Crippen LogP contribution in [0.15, 0.2) is 0 Å². The van der Waals surface area contributed by atoms with Crippen LogP contribution in [-0.4, -0.2) is 63.4 Å². The second-order valence-electron chi connectivity index (χ2n) is 5.07. The molecule has 6 nitrogen and oxygen atoms in total. The zero-order valence-electron chi connectivity index (χ0n) is 10.7. The van der Waals surface area contributed by atoms with Crippen LogP contribution in [0.5, 0.6) is 0 Å². The number of likely N-dealkylation sites (tertiary alicyclic amines) is 1. The summed E-state index contributed by atoms with van der Waals surface area (Å²) in [6.45, 7) is 0.670. The molecule has 7 heteroatoms. The fourth-order valence-corrected chi connectivity index (χ4v) is 3.78. The maximum absolute atomic E-state index is 12.0. The van der Waals surface area contributed by atoms with Crippen molar-refractivity contribution in [2.45, 2.75) is 43.1 Å². The fourth-order valence-electron chi connectivity index (χ4n) is 2.54. The van der Waals surface area contributed by atoms with Gasteiger partial charge >= 0.3 is 12.0 Å². The van der Waals surface area contributed by atoms with E-state index < -0.39 is 18.1 Å². The Bertz CT molecular complexity index is 347. The first-order chi connectivity index (χ1) is 9.08. The van der Waals surface area contributed by atoms with Crippen LogP contribution >= 0.6 is 11.8 Å². The lowest BCUT2D eigenvalue weighted by molar-refractivity contribution is -0.141. The minimum absolute atomic E-state index is 0.0978. The number of nitrogens with one attached hydrogen (secondary N) is 1. The van der Waals surface area contributed by atoms with Gasteiger partial charge in [0.15, 0.2) is 0 Å². The number of nitrogens with zero attached hydrogens (tertiary/aromatic N) is 1. The van der Waals surface area contributed by atoms with Crippen LogP contribution in [0.3, 0.4) is 0 Å². The average molecular weight is 288 g/mol. The highest BCUT2D eigenvalue weighted by Gasteiger charge is 2.39. The van der Waals surface area contributed by atoms with Crippen molar-refractivity contribution in [1.29, 1.82) is 0 Å². The number of urea groups is 1. The molecule has 3 N–H and O–H groups in total. The van der Waals surface area contributed by atoms with Gasteiger partial charge in [-0.2, -0.15) is 11.8 Å². The molecule has 0 saturated carbocycles. The third kappa shape index (κ3) is 3.76. The normalized spacial score (nSPS) is 31.2. The van der Waals surface area contributed by atoms with Crippen molar-refractivity contribution in [3.05, 3.63) is 0 Å². The third-order valence-corrected chi connectivity index (χ3v) is 4.98. The van der Waals surface area contributed by atoms with Crippen molar-refractivity contribution in [3.63, 3.8) is 0 Å². The summed E-state index contributed by atoms with van der Waals surface area (Å²) in [4.78, 5) is 24.2. The van der Waals surface area contributed by atoms with Gasteiger partial charge < -0.3 is 20.4 Å². The van der Waals surface area contributed by atoms with Gasteiger partial charge in [0.05, 0.1) is 6.10 Å². The molecule has 0 bridgehead atoms. The lowest BCUT2D eigenvalue weighted by Gasteiger charge is -2.25. The Morgan fingerprint density at radius 3 is 2.79 bits per heavy atom. The molecule has 2 aliphatic heterocycles. The molecule has 0 aromatic rings. The molecule has 2 heterocycles. The Labute approximate surface area is 116 Å².